The first-order valence-corrected chi connectivity index (χ1v) is 5.52. The first-order valence-electron chi connectivity index (χ1n) is 5.52. The van der Waals surface area contributed by atoms with Gasteiger partial charge in [0.25, 0.3) is 0 Å². The molecule has 0 radical (unpaired) electrons. The number of rotatable bonds is 2. The Morgan fingerprint density at radius 2 is 2.21 bits per heavy atom. The quantitative estimate of drug-likeness (QED) is 0.753. The summed E-state index contributed by atoms with van der Waals surface area (Å²) in [6, 6.07) is 6.90. The molecule has 1 aromatic rings. The van der Waals surface area contributed by atoms with Gasteiger partial charge in [-0.3, -0.25) is 0 Å². The SMILES string of the molecule is CNCC1CCc2ccc(C)cc2C1. The maximum absolute atomic E-state index is 3.28. The Balaban J connectivity index is 2.16. The van der Waals surface area contributed by atoms with E-state index in [2.05, 4.69) is 30.4 Å². The Labute approximate surface area is 86.5 Å². The summed E-state index contributed by atoms with van der Waals surface area (Å²) in [5, 5.41) is 3.28. The van der Waals surface area contributed by atoms with Gasteiger partial charge in [-0.2, -0.15) is 0 Å². The van der Waals surface area contributed by atoms with Crippen molar-refractivity contribution < 1.29 is 0 Å². The second kappa shape index (κ2) is 4.14. The van der Waals surface area contributed by atoms with E-state index < -0.39 is 0 Å². The van der Waals surface area contributed by atoms with Gasteiger partial charge in [-0.1, -0.05) is 23.8 Å². The van der Waals surface area contributed by atoms with Crippen LogP contribution in [0.5, 0.6) is 0 Å². The fraction of sp³-hybridized carbons (Fsp3) is 0.538. The molecule has 1 heteroatoms. The molecule has 2 rings (SSSR count). The topological polar surface area (TPSA) is 12.0 Å². The van der Waals surface area contributed by atoms with Crippen molar-refractivity contribution in [3.8, 4) is 0 Å². The molecule has 1 nitrogen and oxygen atoms in total. The molecule has 1 N–H and O–H groups in total. The van der Waals surface area contributed by atoms with E-state index in [-0.39, 0.29) is 0 Å². The van der Waals surface area contributed by atoms with Crippen molar-refractivity contribution in [1.29, 1.82) is 0 Å². The third-order valence-electron chi connectivity index (χ3n) is 3.19. The highest BCUT2D eigenvalue weighted by atomic mass is 14.8. The molecule has 1 atom stereocenters. The van der Waals surface area contributed by atoms with Crippen LogP contribution in [0.2, 0.25) is 0 Å². The van der Waals surface area contributed by atoms with Crippen molar-refractivity contribution in [1.82, 2.24) is 5.32 Å². The second-order valence-electron chi connectivity index (χ2n) is 4.44. The molecule has 0 amide bonds. The smallest absolute Gasteiger partial charge is 0.00202 e. The molecule has 0 saturated carbocycles. The molecule has 0 aliphatic heterocycles. The van der Waals surface area contributed by atoms with Crippen LogP contribution in [0.1, 0.15) is 23.1 Å². The summed E-state index contributed by atoms with van der Waals surface area (Å²) in [5.41, 5.74) is 4.55. The molecule has 0 heterocycles. The third kappa shape index (κ3) is 1.98. The van der Waals surface area contributed by atoms with Crippen LogP contribution in [-0.4, -0.2) is 13.6 Å². The van der Waals surface area contributed by atoms with Crippen LogP contribution < -0.4 is 5.32 Å². The zero-order valence-electron chi connectivity index (χ0n) is 9.14. The maximum atomic E-state index is 3.28. The zero-order chi connectivity index (χ0) is 9.97. The second-order valence-corrected chi connectivity index (χ2v) is 4.44. The summed E-state index contributed by atoms with van der Waals surface area (Å²) < 4.78 is 0. The van der Waals surface area contributed by atoms with Gasteiger partial charge >= 0.3 is 0 Å². The standard InChI is InChI=1S/C13H19N/c1-10-3-5-12-6-4-11(9-14-2)8-13(12)7-10/h3,5,7,11,14H,4,6,8-9H2,1-2H3. The van der Waals surface area contributed by atoms with E-state index in [1.165, 1.54) is 24.8 Å². The first kappa shape index (κ1) is 9.72. The molecular formula is C13H19N. The largest absolute Gasteiger partial charge is 0.319 e. The minimum atomic E-state index is 0.842. The predicted octanol–water partition coefficient (Wildman–Crippen LogP) is 2.32. The van der Waals surface area contributed by atoms with Crippen LogP contribution in [0.15, 0.2) is 18.2 Å². The van der Waals surface area contributed by atoms with E-state index in [9.17, 15) is 0 Å². The number of hydrogen-bond donors (Lipinski definition) is 1. The average Bonchev–Trinajstić information content (AvgIpc) is 2.17. The number of hydrogen-bond acceptors (Lipinski definition) is 1. The summed E-state index contributed by atoms with van der Waals surface area (Å²) in [6.07, 6.45) is 3.87. The van der Waals surface area contributed by atoms with Crippen LogP contribution in [0.3, 0.4) is 0 Å². The molecule has 0 spiro atoms. The van der Waals surface area contributed by atoms with Crippen molar-refractivity contribution in [2.75, 3.05) is 13.6 Å². The fourth-order valence-corrected chi connectivity index (χ4v) is 2.42. The monoisotopic (exact) mass is 189 g/mol. The van der Waals surface area contributed by atoms with E-state index in [0.717, 1.165) is 12.5 Å². The molecule has 0 bridgehead atoms. The molecule has 1 aliphatic carbocycles. The Kier molecular flexibility index (Phi) is 2.87. The Bertz CT molecular complexity index is 317. The molecule has 1 unspecified atom stereocenters. The highest BCUT2D eigenvalue weighted by molar-refractivity contribution is 5.33. The lowest BCUT2D eigenvalue weighted by molar-refractivity contribution is 0.440. The molecule has 76 valence electrons. The van der Waals surface area contributed by atoms with Crippen LogP contribution in [0, 0.1) is 12.8 Å². The minimum absolute atomic E-state index is 0.842. The molecular weight excluding hydrogens is 170 g/mol. The zero-order valence-corrected chi connectivity index (χ0v) is 9.14. The molecule has 14 heavy (non-hydrogen) atoms. The van der Waals surface area contributed by atoms with Crippen molar-refractivity contribution in [2.45, 2.75) is 26.2 Å². The highest BCUT2D eigenvalue weighted by Crippen LogP contribution is 2.25. The lowest BCUT2D eigenvalue weighted by Crippen LogP contribution is -2.24. The lowest BCUT2D eigenvalue weighted by atomic mass is 9.83. The molecule has 0 saturated heterocycles. The van der Waals surface area contributed by atoms with E-state index in [1.807, 2.05) is 7.05 Å². The Hall–Kier alpha value is -0.820. The number of nitrogens with one attached hydrogen (secondary N) is 1. The van der Waals surface area contributed by atoms with Crippen LogP contribution in [-0.2, 0) is 12.8 Å². The van der Waals surface area contributed by atoms with E-state index in [0.29, 0.717) is 0 Å². The van der Waals surface area contributed by atoms with Crippen molar-refractivity contribution in [2.24, 2.45) is 5.92 Å². The van der Waals surface area contributed by atoms with E-state index >= 15 is 0 Å². The summed E-state index contributed by atoms with van der Waals surface area (Å²) in [4.78, 5) is 0. The van der Waals surface area contributed by atoms with Crippen LogP contribution in [0.4, 0.5) is 0 Å². The number of aryl methyl sites for hydroxylation is 2. The van der Waals surface area contributed by atoms with Gasteiger partial charge in [-0.05, 0) is 56.8 Å². The Morgan fingerprint density at radius 3 is 3.00 bits per heavy atom. The fourth-order valence-electron chi connectivity index (χ4n) is 2.42. The van der Waals surface area contributed by atoms with E-state index in [4.69, 9.17) is 0 Å². The predicted molar refractivity (Wildman–Crippen MR) is 60.6 cm³/mol. The highest BCUT2D eigenvalue weighted by Gasteiger charge is 2.17. The molecule has 0 aromatic heterocycles. The van der Waals surface area contributed by atoms with Crippen LogP contribution >= 0.6 is 0 Å². The molecule has 0 fully saturated rings. The van der Waals surface area contributed by atoms with Crippen molar-refractivity contribution in [3.63, 3.8) is 0 Å². The summed E-state index contributed by atoms with van der Waals surface area (Å²) >= 11 is 0. The van der Waals surface area contributed by atoms with Gasteiger partial charge < -0.3 is 5.32 Å². The van der Waals surface area contributed by atoms with Crippen molar-refractivity contribution in [3.05, 3.63) is 34.9 Å². The van der Waals surface area contributed by atoms with Gasteiger partial charge in [0.2, 0.25) is 0 Å². The summed E-state index contributed by atoms with van der Waals surface area (Å²) in [6.45, 7) is 3.34. The minimum Gasteiger partial charge on any atom is -0.319 e. The van der Waals surface area contributed by atoms with E-state index in [1.54, 1.807) is 11.1 Å². The number of fused-ring (bicyclic) bond motifs is 1. The lowest BCUT2D eigenvalue weighted by Gasteiger charge is -2.24. The summed E-state index contributed by atoms with van der Waals surface area (Å²) in [7, 11) is 2.05. The maximum Gasteiger partial charge on any atom is -0.00202 e. The van der Waals surface area contributed by atoms with Gasteiger partial charge in [0.05, 0.1) is 0 Å². The van der Waals surface area contributed by atoms with Gasteiger partial charge in [-0.25, -0.2) is 0 Å². The van der Waals surface area contributed by atoms with Gasteiger partial charge in [0, 0.05) is 0 Å². The van der Waals surface area contributed by atoms with Gasteiger partial charge in [0.15, 0.2) is 0 Å². The number of benzene rings is 1. The third-order valence-corrected chi connectivity index (χ3v) is 3.19. The van der Waals surface area contributed by atoms with Gasteiger partial charge in [0.1, 0.15) is 0 Å². The average molecular weight is 189 g/mol. The molecule has 1 aliphatic rings. The van der Waals surface area contributed by atoms with Crippen LogP contribution in [0.25, 0.3) is 0 Å². The normalized spacial score (nSPS) is 20.6. The summed E-state index contributed by atoms with van der Waals surface area (Å²) in [5.74, 6) is 0.842. The van der Waals surface area contributed by atoms with Gasteiger partial charge in [-0.15, -0.1) is 0 Å². The Morgan fingerprint density at radius 1 is 1.36 bits per heavy atom. The van der Waals surface area contributed by atoms with Crippen molar-refractivity contribution >= 4 is 0 Å². The first-order chi connectivity index (χ1) is 6.79. The molecule has 1 aromatic carbocycles.